The lowest BCUT2D eigenvalue weighted by Gasteiger charge is -2.15. The molecule has 0 radical (unpaired) electrons. The molecule has 0 aliphatic rings. The van der Waals surface area contributed by atoms with Gasteiger partial charge in [0, 0.05) is 13.0 Å². The van der Waals surface area contributed by atoms with Crippen molar-refractivity contribution < 1.29 is 37.4 Å². The van der Waals surface area contributed by atoms with Crippen molar-refractivity contribution in [3.8, 4) is 0 Å². The number of carbonyl (C=O) groups excluding carboxylic acids is 1. The number of carboxylic acid groups (broad SMARTS) is 1. The fourth-order valence-corrected chi connectivity index (χ4v) is 0.663. The molecule has 0 spiro atoms. The molecule has 0 saturated carbocycles. The first kappa shape index (κ1) is 14.6. The average Bonchev–Trinajstić information content (AvgIpc) is 2.16. The van der Waals surface area contributed by atoms with Crippen LogP contribution in [0.15, 0.2) is 0 Å². The van der Waals surface area contributed by atoms with Gasteiger partial charge in [-0.05, 0) is 0 Å². The Morgan fingerprint density at radius 2 is 1.81 bits per heavy atom. The maximum absolute atomic E-state index is 12.3. The quantitative estimate of drug-likeness (QED) is 0.569. The molecule has 0 aliphatic heterocycles. The number of rotatable bonds is 6. The molecule has 0 aliphatic carbocycles. The van der Waals surface area contributed by atoms with Crippen molar-refractivity contribution in [1.82, 2.24) is 5.32 Å². The van der Waals surface area contributed by atoms with Crippen molar-refractivity contribution in [2.75, 3.05) is 6.54 Å². The molecule has 3 N–H and O–H groups in total. The number of nitrogens with one attached hydrogen (secondary N) is 1. The number of hydrogen-bond acceptors (Lipinski definition) is 3. The van der Waals surface area contributed by atoms with Crippen LogP contribution in [0.25, 0.3) is 0 Å². The number of hydrogen-bond donors (Lipinski definition) is 3. The van der Waals surface area contributed by atoms with Crippen LogP contribution in [0.2, 0.25) is 0 Å². The maximum Gasteiger partial charge on any atom is 0.383 e. The number of alkyl halides is 4. The maximum atomic E-state index is 12.3. The zero-order valence-electron chi connectivity index (χ0n) is 7.79. The van der Waals surface area contributed by atoms with Crippen molar-refractivity contribution in [2.24, 2.45) is 0 Å². The number of aliphatic hydroxyl groups is 1. The Balaban J connectivity index is 4.04. The van der Waals surface area contributed by atoms with Crippen LogP contribution in [0, 0.1) is 0 Å². The molecule has 0 aromatic rings. The molecular weight excluding hydrogens is 238 g/mol. The van der Waals surface area contributed by atoms with Gasteiger partial charge in [0.05, 0.1) is 0 Å². The second kappa shape index (κ2) is 5.64. The number of aliphatic hydroxyl groups excluding tert-OH is 1. The Morgan fingerprint density at radius 3 is 2.19 bits per heavy atom. The van der Waals surface area contributed by atoms with Crippen LogP contribution >= 0.6 is 0 Å². The summed E-state index contributed by atoms with van der Waals surface area (Å²) in [6.45, 7) is -0.644. The van der Waals surface area contributed by atoms with Gasteiger partial charge in [0.1, 0.15) is 0 Å². The number of aliphatic carboxylic acids is 1. The number of carboxylic acids is 1. The summed E-state index contributed by atoms with van der Waals surface area (Å²) in [5, 5.41) is 18.2. The van der Waals surface area contributed by atoms with Gasteiger partial charge in [0.25, 0.3) is 5.91 Å². The summed E-state index contributed by atoms with van der Waals surface area (Å²) in [7, 11) is 0. The Morgan fingerprint density at radius 1 is 1.31 bits per heavy atom. The second-order valence-electron chi connectivity index (χ2n) is 2.82. The van der Waals surface area contributed by atoms with Crippen molar-refractivity contribution in [2.45, 2.75) is 24.9 Å². The van der Waals surface area contributed by atoms with E-state index in [1.807, 2.05) is 0 Å². The topological polar surface area (TPSA) is 86.6 Å². The summed E-state index contributed by atoms with van der Waals surface area (Å²) in [6.07, 6.45) is -6.54. The van der Waals surface area contributed by atoms with Gasteiger partial charge in [-0.1, -0.05) is 0 Å². The lowest BCUT2D eigenvalue weighted by molar-refractivity contribution is -0.169. The highest BCUT2D eigenvalue weighted by atomic mass is 19.3. The van der Waals surface area contributed by atoms with Crippen molar-refractivity contribution in [3.05, 3.63) is 0 Å². The lowest BCUT2D eigenvalue weighted by Crippen LogP contribution is -2.46. The molecule has 1 amide bonds. The predicted octanol–water partition coefficient (Wildman–Crippen LogP) is -0.161. The van der Waals surface area contributed by atoms with Crippen LogP contribution in [0.4, 0.5) is 17.6 Å². The van der Waals surface area contributed by atoms with E-state index < -0.39 is 43.3 Å². The number of halogens is 4. The minimum absolute atomic E-state index is 0.555. The van der Waals surface area contributed by atoms with Crippen LogP contribution in [-0.4, -0.2) is 47.1 Å². The Kier molecular flexibility index (Phi) is 5.15. The van der Waals surface area contributed by atoms with Gasteiger partial charge >= 0.3 is 18.3 Å². The van der Waals surface area contributed by atoms with Gasteiger partial charge in [-0.3, -0.25) is 4.79 Å². The second-order valence-corrected chi connectivity index (χ2v) is 2.82. The number of carbonyl (C=O) groups is 2. The highest BCUT2D eigenvalue weighted by molar-refractivity contribution is 5.83. The predicted molar refractivity (Wildman–Crippen MR) is 42.2 cm³/mol. The molecule has 0 fully saturated rings. The minimum atomic E-state index is -4.83. The summed E-state index contributed by atoms with van der Waals surface area (Å²) in [5.41, 5.74) is 0. The molecular formula is C7H9F4NO4. The molecule has 9 heteroatoms. The monoisotopic (exact) mass is 247 g/mol. The van der Waals surface area contributed by atoms with Gasteiger partial charge < -0.3 is 15.5 Å². The fraction of sp³-hybridized carbons (Fsp3) is 0.714. The molecule has 0 bridgehead atoms. The third-order valence-corrected chi connectivity index (χ3v) is 1.57. The van der Waals surface area contributed by atoms with Gasteiger partial charge in [0.15, 0.2) is 6.10 Å². The van der Waals surface area contributed by atoms with E-state index in [4.69, 9.17) is 10.2 Å². The Labute approximate surface area is 87.1 Å². The van der Waals surface area contributed by atoms with Crippen molar-refractivity contribution in [1.29, 1.82) is 0 Å². The third-order valence-electron chi connectivity index (χ3n) is 1.57. The standard InChI is InChI=1S/C7H9F4NO4/c8-5(9)7(10,11)6(16)12-2-1-3(13)4(14)15/h3,5,13H,1-2H2,(H,12,16)(H,14,15)/t3-/m0/s1. The zero-order chi connectivity index (χ0) is 12.9. The zero-order valence-corrected chi connectivity index (χ0v) is 7.79. The third kappa shape index (κ3) is 4.01. The Bertz CT molecular complexity index is 271. The van der Waals surface area contributed by atoms with Gasteiger partial charge in [-0.2, -0.15) is 8.78 Å². The van der Waals surface area contributed by atoms with Crippen LogP contribution in [0.5, 0.6) is 0 Å². The Hall–Kier alpha value is -1.38. The molecule has 0 unspecified atom stereocenters. The summed E-state index contributed by atoms with van der Waals surface area (Å²) >= 11 is 0. The summed E-state index contributed by atoms with van der Waals surface area (Å²) in [5.74, 6) is -8.64. The van der Waals surface area contributed by atoms with E-state index in [1.54, 1.807) is 0 Å². The lowest BCUT2D eigenvalue weighted by atomic mass is 10.2. The summed E-state index contributed by atoms with van der Waals surface area (Å²) < 4.78 is 47.8. The molecule has 0 saturated heterocycles. The van der Waals surface area contributed by atoms with Crippen LogP contribution in [0.3, 0.4) is 0 Å². The largest absolute Gasteiger partial charge is 0.479 e. The molecule has 0 heterocycles. The molecule has 5 nitrogen and oxygen atoms in total. The molecule has 94 valence electrons. The minimum Gasteiger partial charge on any atom is -0.479 e. The van der Waals surface area contributed by atoms with Crippen LogP contribution < -0.4 is 5.32 Å². The van der Waals surface area contributed by atoms with E-state index in [2.05, 4.69) is 0 Å². The smallest absolute Gasteiger partial charge is 0.383 e. The summed E-state index contributed by atoms with van der Waals surface area (Å²) in [6, 6.07) is 0. The van der Waals surface area contributed by atoms with E-state index in [9.17, 15) is 27.2 Å². The van der Waals surface area contributed by atoms with Gasteiger partial charge in [0.2, 0.25) is 0 Å². The average molecular weight is 247 g/mol. The fourth-order valence-electron chi connectivity index (χ4n) is 0.663. The van der Waals surface area contributed by atoms with Crippen molar-refractivity contribution in [3.63, 3.8) is 0 Å². The van der Waals surface area contributed by atoms with E-state index in [0.717, 1.165) is 0 Å². The first-order chi connectivity index (χ1) is 7.19. The number of amides is 1. The van der Waals surface area contributed by atoms with Gasteiger partial charge in [-0.15, -0.1) is 0 Å². The molecule has 0 aromatic carbocycles. The highest BCUT2D eigenvalue weighted by Gasteiger charge is 2.48. The molecule has 16 heavy (non-hydrogen) atoms. The molecule has 0 aromatic heterocycles. The summed E-state index contributed by atoms with van der Waals surface area (Å²) in [4.78, 5) is 20.5. The normalized spacial score (nSPS) is 13.6. The van der Waals surface area contributed by atoms with Crippen LogP contribution in [0.1, 0.15) is 6.42 Å². The molecule has 1 atom stereocenters. The first-order valence-corrected chi connectivity index (χ1v) is 4.04. The molecule has 0 rings (SSSR count). The first-order valence-electron chi connectivity index (χ1n) is 4.04. The van der Waals surface area contributed by atoms with E-state index in [1.165, 1.54) is 5.32 Å². The van der Waals surface area contributed by atoms with Gasteiger partial charge in [-0.25, -0.2) is 13.6 Å². The van der Waals surface area contributed by atoms with E-state index in [0.29, 0.717) is 0 Å². The van der Waals surface area contributed by atoms with E-state index >= 15 is 0 Å². The SMILES string of the molecule is O=C(O)[C@@H](O)CCNC(=O)C(F)(F)C(F)F. The van der Waals surface area contributed by atoms with E-state index in [-0.39, 0.29) is 0 Å². The highest BCUT2D eigenvalue weighted by Crippen LogP contribution is 2.22. The van der Waals surface area contributed by atoms with Crippen LogP contribution in [-0.2, 0) is 9.59 Å². The van der Waals surface area contributed by atoms with Crippen molar-refractivity contribution >= 4 is 11.9 Å².